The zero-order chi connectivity index (χ0) is 14.2. The van der Waals surface area contributed by atoms with Crippen molar-refractivity contribution < 1.29 is 13.5 Å². The van der Waals surface area contributed by atoms with Crippen molar-refractivity contribution in [3.8, 4) is 0 Å². The van der Waals surface area contributed by atoms with Gasteiger partial charge in [0.1, 0.15) is 6.23 Å². The largest absolute Gasteiger partial charge is 0.376 e. The first-order valence-electron chi connectivity index (χ1n) is 6.23. The Kier molecular flexibility index (Phi) is 4.35. The van der Waals surface area contributed by atoms with E-state index in [4.69, 9.17) is 0 Å². The van der Waals surface area contributed by atoms with E-state index in [0.717, 1.165) is 12.0 Å². The normalized spacial score (nSPS) is 29.4. The van der Waals surface area contributed by atoms with Gasteiger partial charge in [-0.3, -0.25) is 0 Å². The molecule has 6 heteroatoms. The molecule has 1 fully saturated rings. The van der Waals surface area contributed by atoms with Gasteiger partial charge in [-0.05, 0) is 31.4 Å². The first kappa shape index (κ1) is 15.0. The van der Waals surface area contributed by atoms with Crippen molar-refractivity contribution in [3.05, 3.63) is 29.8 Å². The molecule has 0 spiro atoms. The van der Waals surface area contributed by atoms with Gasteiger partial charge in [0.25, 0.3) is 0 Å². The minimum absolute atomic E-state index is 0.216. The minimum atomic E-state index is -3.64. The fourth-order valence-corrected chi connectivity index (χ4v) is 4.98. The molecule has 106 valence electrons. The maximum atomic E-state index is 12.5. The van der Waals surface area contributed by atoms with Crippen LogP contribution in [0, 0.1) is 12.8 Å². The van der Waals surface area contributed by atoms with Crippen LogP contribution in [-0.2, 0) is 10.0 Å². The third kappa shape index (κ3) is 3.02. The van der Waals surface area contributed by atoms with Crippen LogP contribution in [0.1, 0.15) is 18.9 Å². The highest BCUT2D eigenvalue weighted by Crippen LogP contribution is 2.30. The summed E-state index contributed by atoms with van der Waals surface area (Å²) in [6.45, 7) is 4.24. The highest BCUT2D eigenvalue weighted by Gasteiger charge is 2.39. The summed E-state index contributed by atoms with van der Waals surface area (Å²) in [6, 6.07) is 6.69. The molecule has 0 aromatic heterocycles. The molecule has 1 heterocycles. The van der Waals surface area contributed by atoms with E-state index >= 15 is 0 Å². The number of aliphatic hydroxyl groups excluding tert-OH is 1. The molecule has 0 amide bonds. The molecule has 0 unspecified atom stereocenters. The van der Waals surface area contributed by atoms with E-state index < -0.39 is 16.3 Å². The second-order valence-electron chi connectivity index (χ2n) is 5.16. The van der Waals surface area contributed by atoms with Crippen molar-refractivity contribution in [1.29, 1.82) is 0 Å². The fourth-order valence-electron chi connectivity index (χ4n) is 2.26. The average molecular weight is 348 g/mol. The van der Waals surface area contributed by atoms with Crippen LogP contribution in [0.15, 0.2) is 29.2 Å². The molecule has 19 heavy (non-hydrogen) atoms. The lowest BCUT2D eigenvalue weighted by molar-refractivity contribution is 0.0253. The monoisotopic (exact) mass is 347 g/mol. The molecule has 4 nitrogen and oxygen atoms in total. The molecule has 3 atom stereocenters. The van der Waals surface area contributed by atoms with Gasteiger partial charge in [-0.1, -0.05) is 40.5 Å². The van der Waals surface area contributed by atoms with Gasteiger partial charge in [0.2, 0.25) is 10.0 Å². The molecule has 1 N–H and O–H groups in total. The zero-order valence-electron chi connectivity index (χ0n) is 11.0. The number of aryl methyl sites for hydroxylation is 1. The number of sulfonamides is 1. The number of alkyl halides is 1. The van der Waals surface area contributed by atoms with Crippen LogP contribution in [0.2, 0.25) is 0 Å². The van der Waals surface area contributed by atoms with E-state index in [2.05, 4.69) is 15.9 Å². The van der Waals surface area contributed by atoms with Crippen molar-refractivity contribution in [1.82, 2.24) is 4.31 Å². The van der Waals surface area contributed by atoms with Crippen LogP contribution in [0.3, 0.4) is 0 Å². The summed E-state index contributed by atoms with van der Waals surface area (Å²) in [6.07, 6.45) is -0.247. The molecule has 1 aromatic carbocycles. The highest BCUT2D eigenvalue weighted by atomic mass is 79.9. The summed E-state index contributed by atoms with van der Waals surface area (Å²) in [4.78, 5) is 0.00224. The maximum Gasteiger partial charge on any atom is 0.245 e. The summed E-state index contributed by atoms with van der Waals surface area (Å²) >= 11 is 3.35. The quantitative estimate of drug-likeness (QED) is 0.833. The van der Waals surface area contributed by atoms with Crippen LogP contribution >= 0.6 is 15.9 Å². The molecule has 1 aliphatic heterocycles. The summed E-state index contributed by atoms with van der Waals surface area (Å²) in [5.41, 5.74) is 1.00. The van der Waals surface area contributed by atoms with Gasteiger partial charge in [-0.25, -0.2) is 8.42 Å². The van der Waals surface area contributed by atoms with E-state index in [1.54, 1.807) is 24.3 Å². The van der Waals surface area contributed by atoms with E-state index in [9.17, 15) is 13.5 Å². The van der Waals surface area contributed by atoms with Crippen LogP contribution in [0.5, 0.6) is 0 Å². The lowest BCUT2D eigenvalue weighted by atomic mass is 10.0. The van der Waals surface area contributed by atoms with Crippen molar-refractivity contribution in [3.63, 3.8) is 0 Å². The first-order chi connectivity index (χ1) is 8.82. The summed E-state index contributed by atoms with van der Waals surface area (Å²) in [5.74, 6) is 0.216. The Morgan fingerprint density at radius 1 is 1.32 bits per heavy atom. The Balaban J connectivity index is 2.35. The van der Waals surface area contributed by atoms with E-state index in [-0.39, 0.29) is 15.6 Å². The number of nitrogens with zero attached hydrogens (tertiary/aromatic N) is 1. The predicted molar refractivity (Wildman–Crippen MR) is 77.6 cm³/mol. The molecule has 0 radical (unpaired) electrons. The van der Waals surface area contributed by atoms with E-state index in [1.807, 2.05) is 13.8 Å². The van der Waals surface area contributed by atoms with Crippen molar-refractivity contribution in [2.24, 2.45) is 5.92 Å². The zero-order valence-corrected chi connectivity index (χ0v) is 13.4. The van der Waals surface area contributed by atoms with Gasteiger partial charge >= 0.3 is 0 Å². The van der Waals surface area contributed by atoms with Gasteiger partial charge in [0.05, 0.1) is 9.72 Å². The van der Waals surface area contributed by atoms with Crippen LogP contribution in [0.4, 0.5) is 0 Å². The molecular weight excluding hydrogens is 330 g/mol. The standard InChI is InChI=1S/C13H18BrNO3S/c1-9-3-5-11(6-4-9)19(17,18)15-8-10(2)7-12(14)13(15)16/h3-6,10,12-13,16H,7-8H2,1-2H3/t10-,12-,13+/m0/s1. The fraction of sp³-hybridized carbons (Fsp3) is 0.538. The summed E-state index contributed by atoms with van der Waals surface area (Å²) in [5, 5.41) is 10.1. The second kappa shape index (κ2) is 5.52. The first-order valence-corrected chi connectivity index (χ1v) is 8.58. The summed E-state index contributed by atoms with van der Waals surface area (Å²) < 4.78 is 26.3. The topological polar surface area (TPSA) is 57.6 Å². The van der Waals surface area contributed by atoms with Crippen LogP contribution in [0.25, 0.3) is 0 Å². The number of hydrogen-bond donors (Lipinski definition) is 1. The number of hydrogen-bond acceptors (Lipinski definition) is 3. The van der Waals surface area contributed by atoms with E-state index in [1.165, 1.54) is 4.31 Å². The minimum Gasteiger partial charge on any atom is -0.376 e. The van der Waals surface area contributed by atoms with Crippen LogP contribution in [-0.4, -0.2) is 35.4 Å². The third-order valence-corrected chi connectivity index (χ3v) is 6.06. The second-order valence-corrected chi connectivity index (χ2v) is 8.22. The SMILES string of the molecule is Cc1ccc(S(=O)(=O)N2C[C@@H](C)C[C@H](Br)[C@H]2O)cc1. The molecule has 1 saturated heterocycles. The van der Waals surface area contributed by atoms with Gasteiger partial charge in [0, 0.05) is 6.54 Å². The van der Waals surface area contributed by atoms with E-state index in [0.29, 0.717) is 6.54 Å². The number of aliphatic hydroxyl groups is 1. The predicted octanol–water partition coefficient (Wildman–Crippen LogP) is 2.11. The molecule has 1 aliphatic rings. The summed E-state index contributed by atoms with van der Waals surface area (Å²) in [7, 11) is -3.64. The van der Waals surface area contributed by atoms with Gasteiger partial charge in [-0.15, -0.1) is 0 Å². The van der Waals surface area contributed by atoms with Gasteiger partial charge in [-0.2, -0.15) is 4.31 Å². The molecule has 1 aromatic rings. The Hall–Kier alpha value is -0.430. The number of piperidine rings is 1. The maximum absolute atomic E-state index is 12.5. The molecule has 0 saturated carbocycles. The third-order valence-electron chi connectivity index (χ3n) is 3.37. The Morgan fingerprint density at radius 2 is 1.89 bits per heavy atom. The molecule has 0 bridgehead atoms. The van der Waals surface area contributed by atoms with Crippen LogP contribution < -0.4 is 0 Å². The molecular formula is C13H18BrNO3S. The van der Waals surface area contributed by atoms with Gasteiger partial charge in [0.15, 0.2) is 0 Å². The van der Waals surface area contributed by atoms with Crippen molar-refractivity contribution in [2.45, 2.75) is 36.2 Å². The Labute approximate surface area is 122 Å². The smallest absolute Gasteiger partial charge is 0.245 e. The van der Waals surface area contributed by atoms with Crippen molar-refractivity contribution in [2.75, 3.05) is 6.54 Å². The Bertz CT molecular complexity index is 544. The lowest BCUT2D eigenvalue weighted by Gasteiger charge is -2.37. The lowest BCUT2D eigenvalue weighted by Crippen LogP contribution is -2.51. The molecule has 0 aliphatic carbocycles. The number of benzene rings is 1. The average Bonchev–Trinajstić information content (AvgIpc) is 2.34. The molecule has 2 rings (SSSR count). The van der Waals surface area contributed by atoms with Gasteiger partial charge < -0.3 is 5.11 Å². The van der Waals surface area contributed by atoms with Crippen molar-refractivity contribution >= 4 is 26.0 Å². The number of rotatable bonds is 2. The Morgan fingerprint density at radius 3 is 2.47 bits per heavy atom. The highest BCUT2D eigenvalue weighted by molar-refractivity contribution is 9.09. The number of halogens is 1.